The van der Waals surface area contributed by atoms with Crippen LogP contribution in [0.4, 0.5) is 23.1 Å². The first-order valence-electron chi connectivity index (χ1n) is 11.2. The van der Waals surface area contributed by atoms with E-state index in [-0.39, 0.29) is 0 Å². The monoisotopic (exact) mass is 457 g/mol. The summed E-state index contributed by atoms with van der Waals surface area (Å²) in [6.07, 6.45) is 5.26. The first-order chi connectivity index (χ1) is 16.7. The van der Waals surface area contributed by atoms with Gasteiger partial charge in [0.1, 0.15) is 12.1 Å². The normalized spacial score (nSPS) is 13.7. The Kier molecular flexibility index (Phi) is 5.99. The second kappa shape index (κ2) is 9.38. The Hall–Kier alpha value is -4.14. The molecule has 1 N–H and O–H groups in total. The molecule has 2 aromatic carbocycles. The van der Waals surface area contributed by atoms with Gasteiger partial charge in [-0.1, -0.05) is 18.2 Å². The third-order valence-electron chi connectivity index (χ3n) is 6.04. The van der Waals surface area contributed by atoms with E-state index in [0.717, 1.165) is 60.2 Å². The van der Waals surface area contributed by atoms with Crippen LogP contribution in [0, 0.1) is 6.92 Å². The molecule has 1 aliphatic heterocycles. The van der Waals surface area contributed by atoms with Crippen LogP contribution in [0.2, 0.25) is 0 Å². The van der Waals surface area contributed by atoms with Crippen molar-refractivity contribution in [3.8, 4) is 11.5 Å². The summed E-state index contributed by atoms with van der Waals surface area (Å²) in [7, 11) is 3.26. The van der Waals surface area contributed by atoms with E-state index in [9.17, 15) is 0 Å². The van der Waals surface area contributed by atoms with E-state index in [0.29, 0.717) is 11.5 Å². The van der Waals surface area contributed by atoms with Crippen molar-refractivity contribution < 1.29 is 9.47 Å². The van der Waals surface area contributed by atoms with E-state index in [2.05, 4.69) is 48.0 Å². The number of rotatable bonds is 6. The standard InChI is InChI=1S/C25H27N7O2/c1-17-6-4-5-7-20(17)30-18-14-26-25(27-15-18)32-10-8-31(9-11-32)24-19-12-22(33-2)23(34-3)13-21(19)28-16-29-24/h4-7,12-16,30H,8-11H2,1-3H3. The van der Waals surface area contributed by atoms with Gasteiger partial charge in [0.15, 0.2) is 11.5 Å². The Morgan fingerprint density at radius 1 is 0.824 bits per heavy atom. The predicted molar refractivity (Wildman–Crippen MR) is 134 cm³/mol. The van der Waals surface area contributed by atoms with Gasteiger partial charge < -0.3 is 24.6 Å². The van der Waals surface area contributed by atoms with Crippen molar-refractivity contribution in [1.82, 2.24) is 19.9 Å². The molecular formula is C25H27N7O2. The van der Waals surface area contributed by atoms with Gasteiger partial charge in [-0.05, 0) is 24.6 Å². The number of methoxy groups -OCH3 is 2. The minimum absolute atomic E-state index is 0.655. The number of anilines is 4. The number of nitrogens with one attached hydrogen (secondary N) is 1. The molecule has 1 aliphatic rings. The molecule has 5 rings (SSSR count). The van der Waals surface area contributed by atoms with Crippen LogP contribution in [0.25, 0.3) is 10.9 Å². The first kappa shape index (κ1) is 21.7. The second-order valence-electron chi connectivity index (χ2n) is 8.11. The van der Waals surface area contributed by atoms with Crippen LogP contribution in [0.15, 0.2) is 55.1 Å². The van der Waals surface area contributed by atoms with Crippen LogP contribution < -0.4 is 24.6 Å². The van der Waals surface area contributed by atoms with E-state index in [1.807, 2.05) is 42.7 Å². The molecule has 0 aliphatic carbocycles. The minimum atomic E-state index is 0.655. The van der Waals surface area contributed by atoms with Crippen molar-refractivity contribution in [1.29, 1.82) is 0 Å². The van der Waals surface area contributed by atoms with Crippen LogP contribution in [0.5, 0.6) is 11.5 Å². The quantitative estimate of drug-likeness (QED) is 0.464. The van der Waals surface area contributed by atoms with Gasteiger partial charge in [0.05, 0.1) is 37.8 Å². The van der Waals surface area contributed by atoms with Gasteiger partial charge in [0, 0.05) is 43.3 Å². The molecule has 0 radical (unpaired) electrons. The highest BCUT2D eigenvalue weighted by Gasteiger charge is 2.22. The molecule has 4 aromatic rings. The topological polar surface area (TPSA) is 88.5 Å². The fourth-order valence-electron chi connectivity index (χ4n) is 4.16. The van der Waals surface area contributed by atoms with Crippen molar-refractivity contribution in [2.24, 2.45) is 0 Å². The summed E-state index contributed by atoms with van der Waals surface area (Å²) in [5, 5.41) is 4.32. The van der Waals surface area contributed by atoms with E-state index in [1.165, 1.54) is 5.56 Å². The molecular weight excluding hydrogens is 430 g/mol. The zero-order chi connectivity index (χ0) is 23.5. The number of fused-ring (bicyclic) bond motifs is 1. The summed E-state index contributed by atoms with van der Waals surface area (Å²) >= 11 is 0. The third-order valence-corrected chi connectivity index (χ3v) is 6.04. The van der Waals surface area contributed by atoms with Gasteiger partial charge >= 0.3 is 0 Å². The summed E-state index contributed by atoms with van der Waals surface area (Å²) in [5.41, 5.74) is 3.92. The molecule has 0 atom stereocenters. The Morgan fingerprint density at radius 2 is 1.50 bits per heavy atom. The number of nitrogens with zero attached hydrogens (tertiary/aromatic N) is 6. The predicted octanol–water partition coefficient (Wildman–Crippen LogP) is 3.82. The molecule has 3 heterocycles. The Balaban J connectivity index is 1.29. The molecule has 1 fully saturated rings. The number of para-hydroxylation sites is 1. The minimum Gasteiger partial charge on any atom is -0.493 e. The lowest BCUT2D eigenvalue weighted by molar-refractivity contribution is 0.356. The van der Waals surface area contributed by atoms with Crippen LogP contribution >= 0.6 is 0 Å². The van der Waals surface area contributed by atoms with Crippen LogP contribution in [0.1, 0.15) is 5.56 Å². The van der Waals surface area contributed by atoms with Gasteiger partial charge in [-0.2, -0.15) is 0 Å². The van der Waals surface area contributed by atoms with Crippen LogP contribution in [-0.4, -0.2) is 60.3 Å². The second-order valence-corrected chi connectivity index (χ2v) is 8.11. The van der Waals surface area contributed by atoms with E-state index < -0.39 is 0 Å². The number of ether oxygens (including phenoxy) is 2. The molecule has 2 aromatic heterocycles. The van der Waals surface area contributed by atoms with E-state index in [4.69, 9.17) is 9.47 Å². The summed E-state index contributed by atoms with van der Waals surface area (Å²) in [5.74, 6) is 2.94. The molecule has 174 valence electrons. The van der Waals surface area contributed by atoms with Gasteiger partial charge in [0.2, 0.25) is 5.95 Å². The molecule has 0 spiro atoms. The summed E-state index contributed by atoms with van der Waals surface area (Å²) in [6.45, 7) is 5.26. The Bertz CT molecular complexity index is 1290. The molecule has 0 unspecified atom stereocenters. The average molecular weight is 458 g/mol. The first-order valence-corrected chi connectivity index (χ1v) is 11.2. The zero-order valence-corrected chi connectivity index (χ0v) is 19.5. The molecule has 0 amide bonds. The lowest BCUT2D eigenvalue weighted by Gasteiger charge is -2.35. The van der Waals surface area contributed by atoms with Gasteiger partial charge in [-0.3, -0.25) is 0 Å². The van der Waals surface area contributed by atoms with Crippen molar-refractivity contribution >= 4 is 34.0 Å². The summed E-state index contributed by atoms with van der Waals surface area (Å²) in [6, 6.07) is 12.0. The van der Waals surface area contributed by atoms with Crippen LogP contribution in [0.3, 0.4) is 0 Å². The maximum absolute atomic E-state index is 5.49. The van der Waals surface area contributed by atoms with Gasteiger partial charge in [-0.15, -0.1) is 0 Å². The van der Waals surface area contributed by atoms with Gasteiger partial charge in [-0.25, -0.2) is 19.9 Å². The number of benzene rings is 2. The maximum atomic E-state index is 5.49. The molecule has 1 saturated heterocycles. The summed E-state index contributed by atoms with van der Waals surface area (Å²) in [4.78, 5) is 22.6. The largest absolute Gasteiger partial charge is 0.493 e. The Labute approximate surface area is 198 Å². The highest BCUT2D eigenvalue weighted by Crippen LogP contribution is 2.35. The molecule has 9 heteroatoms. The highest BCUT2D eigenvalue weighted by atomic mass is 16.5. The number of piperazine rings is 1. The van der Waals surface area contributed by atoms with Crippen molar-refractivity contribution in [2.75, 3.05) is 55.5 Å². The van der Waals surface area contributed by atoms with Crippen molar-refractivity contribution in [3.05, 3.63) is 60.7 Å². The maximum Gasteiger partial charge on any atom is 0.225 e. The molecule has 34 heavy (non-hydrogen) atoms. The van der Waals surface area contributed by atoms with Crippen LogP contribution in [-0.2, 0) is 0 Å². The number of aromatic nitrogens is 4. The lowest BCUT2D eigenvalue weighted by Crippen LogP contribution is -2.47. The molecule has 9 nitrogen and oxygen atoms in total. The fourth-order valence-corrected chi connectivity index (χ4v) is 4.16. The zero-order valence-electron chi connectivity index (χ0n) is 19.5. The van der Waals surface area contributed by atoms with E-state index in [1.54, 1.807) is 20.5 Å². The molecule has 0 bridgehead atoms. The lowest BCUT2D eigenvalue weighted by atomic mass is 10.2. The number of hydrogen-bond donors (Lipinski definition) is 1. The SMILES string of the molecule is COc1cc2ncnc(N3CCN(c4ncc(Nc5ccccc5C)cn4)CC3)c2cc1OC. The highest BCUT2D eigenvalue weighted by molar-refractivity contribution is 5.92. The number of hydrogen-bond acceptors (Lipinski definition) is 9. The summed E-state index contributed by atoms with van der Waals surface area (Å²) < 4.78 is 10.9. The third kappa shape index (κ3) is 4.24. The van der Waals surface area contributed by atoms with Gasteiger partial charge in [0.25, 0.3) is 0 Å². The average Bonchev–Trinajstić information content (AvgIpc) is 2.89. The number of aryl methyl sites for hydroxylation is 1. The van der Waals surface area contributed by atoms with Crippen molar-refractivity contribution in [2.45, 2.75) is 6.92 Å². The fraction of sp³-hybridized carbons (Fsp3) is 0.280. The molecule has 0 saturated carbocycles. The van der Waals surface area contributed by atoms with Crippen molar-refractivity contribution in [3.63, 3.8) is 0 Å². The Morgan fingerprint density at radius 3 is 2.21 bits per heavy atom. The smallest absolute Gasteiger partial charge is 0.225 e. The van der Waals surface area contributed by atoms with E-state index >= 15 is 0 Å².